The van der Waals surface area contributed by atoms with Crippen molar-refractivity contribution in [3.8, 4) is 6.01 Å². The molecular formula is C8H13N5O2. The molecule has 0 spiro atoms. The molecule has 1 aromatic rings. The lowest BCUT2D eigenvalue weighted by atomic mass is 10.7. The maximum atomic E-state index is 11.3. The average molecular weight is 211 g/mol. The first-order valence-electron chi connectivity index (χ1n) is 4.90. The van der Waals surface area contributed by atoms with E-state index in [0.717, 1.165) is 12.8 Å². The van der Waals surface area contributed by atoms with Gasteiger partial charge in [-0.25, -0.2) is 9.89 Å². The van der Waals surface area contributed by atoms with Gasteiger partial charge in [0.05, 0.1) is 6.61 Å². The van der Waals surface area contributed by atoms with Gasteiger partial charge in [0.1, 0.15) is 0 Å². The quantitative estimate of drug-likeness (QED) is 0.675. The maximum Gasteiger partial charge on any atom is 0.337 e. The number of nitrogens with zero attached hydrogens (tertiary/aromatic N) is 2. The third-order valence-corrected chi connectivity index (χ3v) is 1.88. The summed E-state index contributed by atoms with van der Waals surface area (Å²) >= 11 is 0. The standard InChI is InChI=1S/C8H13N5O2/c1-2-15-8-11-6(12-13-8)10-7(14)9-5-3-4-5/h5H,2-4H2,1H3,(H3,9,10,11,12,13,14). The van der Waals surface area contributed by atoms with E-state index in [0.29, 0.717) is 12.6 Å². The summed E-state index contributed by atoms with van der Waals surface area (Å²) in [6.45, 7) is 2.33. The molecule has 3 N–H and O–H groups in total. The van der Waals surface area contributed by atoms with Gasteiger partial charge in [-0.05, 0) is 19.8 Å². The number of H-pyrrole nitrogens is 1. The molecule has 1 aromatic heterocycles. The number of hydrogen-bond acceptors (Lipinski definition) is 4. The molecule has 15 heavy (non-hydrogen) atoms. The minimum absolute atomic E-state index is 0.235. The third-order valence-electron chi connectivity index (χ3n) is 1.88. The summed E-state index contributed by atoms with van der Waals surface area (Å²) in [6, 6.07) is 0.287. The van der Waals surface area contributed by atoms with Crippen LogP contribution < -0.4 is 15.4 Å². The number of ether oxygens (including phenoxy) is 1. The molecule has 2 amide bonds. The van der Waals surface area contributed by atoms with Crippen molar-refractivity contribution in [3.63, 3.8) is 0 Å². The summed E-state index contributed by atoms with van der Waals surface area (Å²) in [6.07, 6.45) is 2.10. The summed E-state index contributed by atoms with van der Waals surface area (Å²) in [5, 5.41) is 11.6. The summed E-state index contributed by atoms with van der Waals surface area (Å²) in [4.78, 5) is 15.2. The van der Waals surface area contributed by atoms with Gasteiger partial charge >= 0.3 is 12.0 Å². The number of amides is 2. The molecule has 2 rings (SSSR count). The van der Waals surface area contributed by atoms with E-state index in [-0.39, 0.29) is 18.0 Å². The van der Waals surface area contributed by atoms with E-state index in [9.17, 15) is 4.79 Å². The van der Waals surface area contributed by atoms with Gasteiger partial charge in [-0.2, -0.15) is 4.98 Å². The van der Waals surface area contributed by atoms with Crippen molar-refractivity contribution in [2.24, 2.45) is 0 Å². The van der Waals surface area contributed by atoms with E-state index >= 15 is 0 Å². The van der Waals surface area contributed by atoms with Crippen LogP contribution in [-0.4, -0.2) is 33.9 Å². The summed E-state index contributed by atoms with van der Waals surface area (Å²) in [5.41, 5.74) is 0. The van der Waals surface area contributed by atoms with Crippen LogP contribution in [0.3, 0.4) is 0 Å². The number of hydrogen-bond donors (Lipinski definition) is 3. The number of aromatic nitrogens is 3. The van der Waals surface area contributed by atoms with Gasteiger partial charge in [-0.15, -0.1) is 5.10 Å². The number of urea groups is 1. The van der Waals surface area contributed by atoms with Crippen molar-refractivity contribution in [1.82, 2.24) is 20.5 Å². The normalized spacial score (nSPS) is 14.7. The zero-order valence-electron chi connectivity index (χ0n) is 8.41. The molecule has 1 saturated carbocycles. The Hall–Kier alpha value is -1.79. The highest BCUT2D eigenvalue weighted by atomic mass is 16.5. The van der Waals surface area contributed by atoms with Gasteiger partial charge in [-0.3, -0.25) is 5.32 Å². The van der Waals surface area contributed by atoms with Crippen molar-refractivity contribution in [2.75, 3.05) is 11.9 Å². The highest BCUT2D eigenvalue weighted by Gasteiger charge is 2.23. The van der Waals surface area contributed by atoms with Crippen molar-refractivity contribution in [2.45, 2.75) is 25.8 Å². The van der Waals surface area contributed by atoms with Gasteiger partial charge in [-0.1, -0.05) is 0 Å². The van der Waals surface area contributed by atoms with Crippen LogP contribution in [0.15, 0.2) is 0 Å². The van der Waals surface area contributed by atoms with E-state index < -0.39 is 0 Å². The molecule has 82 valence electrons. The fourth-order valence-electron chi connectivity index (χ4n) is 1.05. The second kappa shape index (κ2) is 4.16. The van der Waals surface area contributed by atoms with Crippen molar-refractivity contribution in [1.29, 1.82) is 0 Å². The number of anilines is 1. The lowest BCUT2D eigenvalue weighted by molar-refractivity contribution is 0.251. The largest absolute Gasteiger partial charge is 0.463 e. The minimum atomic E-state index is -0.267. The van der Waals surface area contributed by atoms with Crippen LogP contribution in [0.5, 0.6) is 6.01 Å². The Bertz CT molecular complexity index is 347. The van der Waals surface area contributed by atoms with Crippen LogP contribution in [0.4, 0.5) is 10.7 Å². The number of rotatable bonds is 4. The Morgan fingerprint density at radius 3 is 3.13 bits per heavy atom. The van der Waals surface area contributed by atoms with Crippen LogP contribution in [-0.2, 0) is 0 Å². The maximum absolute atomic E-state index is 11.3. The van der Waals surface area contributed by atoms with Crippen LogP contribution in [0.1, 0.15) is 19.8 Å². The Kier molecular flexibility index (Phi) is 2.70. The predicted molar refractivity (Wildman–Crippen MR) is 52.7 cm³/mol. The van der Waals surface area contributed by atoms with E-state index in [1.807, 2.05) is 6.92 Å². The minimum Gasteiger partial charge on any atom is -0.463 e. The van der Waals surface area contributed by atoms with E-state index in [2.05, 4.69) is 25.8 Å². The highest BCUT2D eigenvalue weighted by molar-refractivity contribution is 5.87. The molecule has 1 fully saturated rings. The second-order valence-electron chi connectivity index (χ2n) is 3.27. The molecule has 1 aliphatic rings. The Morgan fingerprint density at radius 2 is 2.47 bits per heavy atom. The first kappa shape index (κ1) is 9.75. The molecule has 0 radical (unpaired) electrons. The molecule has 0 aliphatic heterocycles. The molecular weight excluding hydrogens is 198 g/mol. The smallest absolute Gasteiger partial charge is 0.337 e. The summed E-state index contributed by atoms with van der Waals surface area (Å²) in [5.74, 6) is 0.289. The molecule has 1 heterocycles. The zero-order valence-corrected chi connectivity index (χ0v) is 8.41. The second-order valence-corrected chi connectivity index (χ2v) is 3.27. The Morgan fingerprint density at radius 1 is 1.67 bits per heavy atom. The highest BCUT2D eigenvalue weighted by Crippen LogP contribution is 2.18. The monoisotopic (exact) mass is 211 g/mol. The number of aromatic amines is 1. The topological polar surface area (TPSA) is 91.9 Å². The lowest BCUT2D eigenvalue weighted by Crippen LogP contribution is -2.30. The van der Waals surface area contributed by atoms with Gasteiger partial charge in [0.2, 0.25) is 5.95 Å². The molecule has 7 nitrogen and oxygen atoms in total. The molecule has 0 bridgehead atoms. The summed E-state index contributed by atoms with van der Waals surface area (Å²) in [7, 11) is 0. The van der Waals surface area contributed by atoms with Crippen LogP contribution in [0.25, 0.3) is 0 Å². The van der Waals surface area contributed by atoms with Gasteiger partial charge in [0.25, 0.3) is 0 Å². The Labute approximate surface area is 86.6 Å². The van der Waals surface area contributed by atoms with E-state index in [1.54, 1.807) is 0 Å². The molecule has 7 heteroatoms. The SMILES string of the molecule is CCOc1n[nH]c(NC(=O)NC2CC2)n1. The Balaban J connectivity index is 1.83. The van der Waals surface area contributed by atoms with Gasteiger partial charge < -0.3 is 10.1 Å². The van der Waals surface area contributed by atoms with Crippen LogP contribution in [0, 0.1) is 0 Å². The number of nitrogens with one attached hydrogen (secondary N) is 3. The average Bonchev–Trinajstić information content (AvgIpc) is 2.88. The number of carbonyl (C=O) groups is 1. The number of carbonyl (C=O) groups excluding carboxylic acids is 1. The zero-order chi connectivity index (χ0) is 10.7. The third kappa shape index (κ3) is 2.83. The lowest BCUT2D eigenvalue weighted by Gasteiger charge is -2.01. The fourth-order valence-corrected chi connectivity index (χ4v) is 1.05. The molecule has 1 aliphatic carbocycles. The van der Waals surface area contributed by atoms with E-state index in [4.69, 9.17) is 4.74 Å². The van der Waals surface area contributed by atoms with E-state index in [1.165, 1.54) is 0 Å². The first-order valence-corrected chi connectivity index (χ1v) is 4.90. The van der Waals surface area contributed by atoms with Crippen molar-refractivity contribution in [3.05, 3.63) is 0 Å². The molecule has 0 unspecified atom stereocenters. The van der Waals surface area contributed by atoms with Crippen LogP contribution in [0.2, 0.25) is 0 Å². The predicted octanol–water partition coefficient (Wildman–Crippen LogP) is 0.487. The molecule has 0 aromatic carbocycles. The first-order chi connectivity index (χ1) is 7.28. The molecule has 0 saturated heterocycles. The van der Waals surface area contributed by atoms with Crippen molar-refractivity contribution >= 4 is 12.0 Å². The molecule has 0 atom stereocenters. The van der Waals surface area contributed by atoms with Gasteiger partial charge in [0.15, 0.2) is 0 Å². The van der Waals surface area contributed by atoms with Crippen molar-refractivity contribution < 1.29 is 9.53 Å². The van der Waals surface area contributed by atoms with Gasteiger partial charge in [0, 0.05) is 6.04 Å². The summed E-state index contributed by atoms with van der Waals surface area (Å²) < 4.78 is 5.04. The fraction of sp³-hybridized carbons (Fsp3) is 0.625. The van der Waals surface area contributed by atoms with Crippen LogP contribution >= 0.6 is 0 Å².